The SMILES string of the molecule is CN(CC(=O)NCCc1nccn1C)Cc1ccc(F)cc1. The van der Waals surface area contributed by atoms with Crippen LogP contribution in [-0.4, -0.2) is 40.5 Å². The molecule has 22 heavy (non-hydrogen) atoms. The maximum absolute atomic E-state index is 12.8. The number of nitrogens with zero attached hydrogens (tertiary/aromatic N) is 3. The normalized spacial score (nSPS) is 10.9. The molecule has 0 radical (unpaired) electrons. The lowest BCUT2D eigenvalue weighted by Gasteiger charge is -2.16. The molecule has 0 saturated carbocycles. The number of aryl methyl sites for hydroxylation is 1. The first kappa shape index (κ1) is 16.2. The fraction of sp³-hybridized carbons (Fsp3) is 0.375. The van der Waals surface area contributed by atoms with Crippen LogP contribution in [0.1, 0.15) is 11.4 Å². The Hall–Kier alpha value is -2.21. The summed E-state index contributed by atoms with van der Waals surface area (Å²) in [4.78, 5) is 18.0. The number of benzene rings is 1. The molecule has 2 aromatic rings. The summed E-state index contributed by atoms with van der Waals surface area (Å²) in [5.41, 5.74) is 0.977. The Labute approximate surface area is 129 Å². The average molecular weight is 304 g/mol. The molecule has 0 aliphatic heterocycles. The summed E-state index contributed by atoms with van der Waals surface area (Å²) in [7, 11) is 3.79. The van der Waals surface area contributed by atoms with Gasteiger partial charge in [0.2, 0.25) is 5.91 Å². The molecule has 1 heterocycles. The van der Waals surface area contributed by atoms with Crippen molar-refractivity contribution in [2.75, 3.05) is 20.1 Å². The summed E-state index contributed by atoms with van der Waals surface area (Å²) in [6.45, 7) is 1.47. The van der Waals surface area contributed by atoms with Crippen LogP contribution in [0.5, 0.6) is 0 Å². The van der Waals surface area contributed by atoms with Gasteiger partial charge in [-0.3, -0.25) is 9.69 Å². The zero-order valence-corrected chi connectivity index (χ0v) is 12.9. The maximum atomic E-state index is 12.8. The third-order valence-electron chi connectivity index (χ3n) is 3.37. The van der Waals surface area contributed by atoms with Crippen molar-refractivity contribution in [1.82, 2.24) is 19.8 Å². The van der Waals surface area contributed by atoms with Gasteiger partial charge in [-0.1, -0.05) is 12.1 Å². The van der Waals surface area contributed by atoms with Crippen LogP contribution in [0.3, 0.4) is 0 Å². The van der Waals surface area contributed by atoms with Crippen molar-refractivity contribution in [3.05, 3.63) is 53.9 Å². The zero-order chi connectivity index (χ0) is 15.9. The quantitative estimate of drug-likeness (QED) is 0.840. The molecule has 0 fully saturated rings. The molecule has 0 bridgehead atoms. The predicted molar refractivity (Wildman–Crippen MR) is 82.7 cm³/mol. The van der Waals surface area contributed by atoms with Gasteiger partial charge in [-0.05, 0) is 24.7 Å². The molecule has 0 aliphatic rings. The molecule has 1 N–H and O–H groups in total. The minimum absolute atomic E-state index is 0.0289. The number of carbonyl (C=O) groups excluding carboxylic acids is 1. The van der Waals surface area contributed by atoms with E-state index in [1.165, 1.54) is 12.1 Å². The van der Waals surface area contributed by atoms with E-state index >= 15 is 0 Å². The number of aromatic nitrogens is 2. The van der Waals surface area contributed by atoms with Crippen molar-refractivity contribution >= 4 is 5.91 Å². The monoisotopic (exact) mass is 304 g/mol. The topological polar surface area (TPSA) is 50.2 Å². The predicted octanol–water partition coefficient (Wildman–Crippen LogP) is 1.35. The van der Waals surface area contributed by atoms with Crippen molar-refractivity contribution in [2.45, 2.75) is 13.0 Å². The van der Waals surface area contributed by atoms with Crippen LogP contribution in [0.2, 0.25) is 0 Å². The highest BCUT2D eigenvalue weighted by atomic mass is 19.1. The second-order valence-corrected chi connectivity index (χ2v) is 5.35. The second-order valence-electron chi connectivity index (χ2n) is 5.35. The lowest BCUT2D eigenvalue weighted by atomic mass is 10.2. The lowest BCUT2D eigenvalue weighted by Crippen LogP contribution is -2.36. The van der Waals surface area contributed by atoms with Crippen LogP contribution < -0.4 is 5.32 Å². The molecule has 2 rings (SSSR count). The van der Waals surface area contributed by atoms with E-state index in [0.29, 0.717) is 26.1 Å². The van der Waals surface area contributed by atoms with Crippen LogP contribution in [0.25, 0.3) is 0 Å². The molecule has 118 valence electrons. The number of nitrogens with one attached hydrogen (secondary N) is 1. The highest BCUT2D eigenvalue weighted by Crippen LogP contribution is 2.05. The first-order valence-corrected chi connectivity index (χ1v) is 7.20. The second kappa shape index (κ2) is 7.70. The van der Waals surface area contributed by atoms with Crippen molar-refractivity contribution in [1.29, 1.82) is 0 Å². The van der Waals surface area contributed by atoms with E-state index in [2.05, 4.69) is 10.3 Å². The van der Waals surface area contributed by atoms with E-state index in [9.17, 15) is 9.18 Å². The van der Waals surface area contributed by atoms with Crippen molar-refractivity contribution in [3.63, 3.8) is 0 Å². The van der Waals surface area contributed by atoms with Crippen LogP contribution in [-0.2, 0) is 24.8 Å². The maximum Gasteiger partial charge on any atom is 0.234 e. The summed E-state index contributed by atoms with van der Waals surface area (Å²) in [6.07, 6.45) is 4.33. The number of imidazole rings is 1. The van der Waals surface area contributed by atoms with Crippen LogP contribution >= 0.6 is 0 Å². The van der Waals surface area contributed by atoms with Crippen molar-refractivity contribution < 1.29 is 9.18 Å². The number of hydrogen-bond donors (Lipinski definition) is 1. The Kier molecular flexibility index (Phi) is 5.66. The van der Waals surface area contributed by atoms with Gasteiger partial charge in [0.25, 0.3) is 0 Å². The highest BCUT2D eigenvalue weighted by molar-refractivity contribution is 5.77. The minimum atomic E-state index is -0.251. The fourth-order valence-electron chi connectivity index (χ4n) is 2.21. The minimum Gasteiger partial charge on any atom is -0.355 e. The molecule has 0 aliphatic carbocycles. The fourth-order valence-corrected chi connectivity index (χ4v) is 2.21. The summed E-state index contributed by atoms with van der Waals surface area (Å²) in [5, 5.41) is 2.88. The van der Waals surface area contributed by atoms with Gasteiger partial charge >= 0.3 is 0 Å². The average Bonchev–Trinajstić information content (AvgIpc) is 2.87. The lowest BCUT2D eigenvalue weighted by molar-refractivity contribution is -0.122. The van der Waals surface area contributed by atoms with E-state index in [0.717, 1.165) is 11.4 Å². The molecule has 0 spiro atoms. The first-order valence-electron chi connectivity index (χ1n) is 7.20. The molecule has 1 aromatic carbocycles. The van der Waals surface area contributed by atoms with E-state index in [-0.39, 0.29) is 11.7 Å². The molecule has 1 aromatic heterocycles. The van der Waals surface area contributed by atoms with Crippen molar-refractivity contribution in [3.8, 4) is 0 Å². The van der Waals surface area contributed by atoms with Crippen molar-refractivity contribution in [2.24, 2.45) is 7.05 Å². The molecule has 6 heteroatoms. The molecular weight excluding hydrogens is 283 g/mol. The third-order valence-corrected chi connectivity index (χ3v) is 3.37. The molecule has 0 atom stereocenters. The molecule has 1 amide bonds. The molecule has 0 unspecified atom stereocenters. The van der Waals surface area contributed by atoms with Gasteiger partial charge in [0.15, 0.2) is 0 Å². The number of amides is 1. The molecular formula is C16H21FN4O. The Balaban J connectivity index is 1.70. The molecule has 5 nitrogen and oxygen atoms in total. The van der Waals surface area contributed by atoms with Gasteiger partial charge in [-0.2, -0.15) is 0 Å². The Morgan fingerprint density at radius 1 is 1.36 bits per heavy atom. The number of likely N-dealkylation sites (N-methyl/N-ethyl adjacent to an activating group) is 1. The molecule has 0 saturated heterocycles. The van der Waals surface area contributed by atoms with Gasteiger partial charge in [0, 0.05) is 39.0 Å². The number of hydrogen-bond acceptors (Lipinski definition) is 3. The van der Waals surface area contributed by atoms with E-state index < -0.39 is 0 Å². The van der Waals surface area contributed by atoms with Crippen LogP contribution in [0, 0.1) is 5.82 Å². The summed E-state index contributed by atoms with van der Waals surface area (Å²) in [6, 6.07) is 6.31. The van der Waals surface area contributed by atoms with Crippen LogP contribution in [0.15, 0.2) is 36.7 Å². The Bertz CT molecular complexity index is 609. The Morgan fingerprint density at radius 3 is 2.73 bits per heavy atom. The van der Waals surface area contributed by atoms with Crippen LogP contribution in [0.4, 0.5) is 4.39 Å². The Morgan fingerprint density at radius 2 is 2.09 bits per heavy atom. The smallest absolute Gasteiger partial charge is 0.234 e. The van der Waals surface area contributed by atoms with Gasteiger partial charge in [0.05, 0.1) is 6.54 Å². The van der Waals surface area contributed by atoms with E-state index in [1.54, 1.807) is 18.3 Å². The van der Waals surface area contributed by atoms with Gasteiger partial charge < -0.3 is 9.88 Å². The number of halogens is 1. The first-order chi connectivity index (χ1) is 10.5. The zero-order valence-electron chi connectivity index (χ0n) is 12.9. The van der Waals surface area contributed by atoms with E-state index in [4.69, 9.17) is 0 Å². The van der Waals surface area contributed by atoms with Gasteiger partial charge in [0.1, 0.15) is 11.6 Å². The summed E-state index contributed by atoms with van der Waals surface area (Å²) >= 11 is 0. The number of rotatable bonds is 7. The van der Waals surface area contributed by atoms with Gasteiger partial charge in [-0.15, -0.1) is 0 Å². The highest BCUT2D eigenvalue weighted by Gasteiger charge is 2.07. The summed E-state index contributed by atoms with van der Waals surface area (Å²) in [5.74, 6) is 0.664. The summed E-state index contributed by atoms with van der Waals surface area (Å²) < 4.78 is 14.8. The third kappa shape index (κ3) is 4.96. The largest absolute Gasteiger partial charge is 0.355 e. The standard InChI is InChI=1S/C16H21FN4O/c1-20(11-13-3-5-14(17)6-4-13)12-16(22)19-8-7-15-18-9-10-21(15)2/h3-6,9-10H,7-8,11-12H2,1-2H3,(H,19,22). The van der Waals surface area contributed by atoms with E-state index in [1.807, 2.05) is 29.8 Å². The van der Waals surface area contributed by atoms with Gasteiger partial charge in [-0.25, -0.2) is 9.37 Å². The number of carbonyl (C=O) groups is 1.